The molecule has 0 saturated heterocycles. The highest BCUT2D eigenvalue weighted by molar-refractivity contribution is 5.82. The number of rotatable bonds is 4. The lowest BCUT2D eigenvalue weighted by molar-refractivity contribution is -0.138. The number of hydrogen-bond acceptors (Lipinski definition) is 2. The first-order valence-electron chi connectivity index (χ1n) is 6.25. The van der Waals surface area contributed by atoms with Gasteiger partial charge in [-0.15, -0.1) is 0 Å². The molecule has 0 radical (unpaired) electrons. The molecular formula is C12H22N2O3. The summed E-state index contributed by atoms with van der Waals surface area (Å²) in [5.41, 5.74) is 0. The second-order valence-corrected chi connectivity index (χ2v) is 4.89. The molecule has 1 aliphatic carbocycles. The van der Waals surface area contributed by atoms with Gasteiger partial charge in [0.05, 0.1) is 0 Å². The van der Waals surface area contributed by atoms with E-state index < -0.39 is 12.0 Å². The summed E-state index contributed by atoms with van der Waals surface area (Å²) >= 11 is 0. The first kappa shape index (κ1) is 13.8. The van der Waals surface area contributed by atoms with Crippen molar-refractivity contribution in [3.8, 4) is 0 Å². The topological polar surface area (TPSA) is 78.4 Å². The second kappa shape index (κ2) is 5.89. The molecule has 2 amide bonds. The van der Waals surface area contributed by atoms with Crippen molar-refractivity contribution in [3.63, 3.8) is 0 Å². The maximum atomic E-state index is 11.6. The number of carboxylic acid groups (broad SMARTS) is 1. The van der Waals surface area contributed by atoms with Crippen LogP contribution >= 0.6 is 0 Å². The van der Waals surface area contributed by atoms with E-state index in [0.29, 0.717) is 11.8 Å². The van der Waals surface area contributed by atoms with E-state index in [0.717, 1.165) is 19.3 Å². The number of hydrogen-bond donors (Lipinski definition) is 3. The number of aliphatic carboxylic acids is 1. The number of amides is 2. The molecule has 5 nitrogen and oxygen atoms in total. The Bertz CT molecular complexity index is 293. The summed E-state index contributed by atoms with van der Waals surface area (Å²) in [6.45, 7) is 5.76. The van der Waals surface area contributed by atoms with Gasteiger partial charge in [-0.1, -0.05) is 20.3 Å². The van der Waals surface area contributed by atoms with Crippen molar-refractivity contribution in [2.45, 2.75) is 52.1 Å². The van der Waals surface area contributed by atoms with E-state index in [1.54, 1.807) is 0 Å². The van der Waals surface area contributed by atoms with E-state index in [-0.39, 0.29) is 12.1 Å². The smallest absolute Gasteiger partial charge is 0.325 e. The summed E-state index contributed by atoms with van der Waals surface area (Å²) in [4.78, 5) is 22.2. The third-order valence-corrected chi connectivity index (χ3v) is 3.79. The Balaban J connectivity index is 2.39. The molecule has 0 aliphatic heterocycles. The molecule has 1 fully saturated rings. The molecule has 1 aliphatic rings. The van der Waals surface area contributed by atoms with Crippen molar-refractivity contribution >= 4 is 12.0 Å². The molecular weight excluding hydrogens is 220 g/mol. The molecule has 0 spiro atoms. The zero-order valence-corrected chi connectivity index (χ0v) is 10.7. The summed E-state index contributed by atoms with van der Waals surface area (Å²) in [5.74, 6) is 0.106. The van der Waals surface area contributed by atoms with E-state index in [1.807, 2.05) is 0 Å². The third kappa shape index (κ3) is 3.61. The average Bonchev–Trinajstić information content (AvgIpc) is 2.59. The Morgan fingerprint density at radius 3 is 2.53 bits per heavy atom. The summed E-state index contributed by atoms with van der Waals surface area (Å²) in [6.07, 6.45) is 3.25. The molecule has 1 rings (SSSR count). The van der Waals surface area contributed by atoms with E-state index in [9.17, 15) is 9.59 Å². The Hall–Kier alpha value is -1.26. The lowest BCUT2D eigenvalue weighted by Crippen LogP contribution is -2.48. The van der Waals surface area contributed by atoms with Gasteiger partial charge in [-0.2, -0.15) is 0 Å². The van der Waals surface area contributed by atoms with Crippen LogP contribution in [0.1, 0.15) is 40.0 Å². The molecule has 0 aromatic rings. The number of carbonyl (C=O) groups excluding carboxylic acids is 1. The molecule has 0 aromatic heterocycles. The van der Waals surface area contributed by atoms with Crippen LogP contribution in [-0.4, -0.2) is 29.2 Å². The van der Waals surface area contributed by atoms with Crippen molar-refractivity contribution in [1.82, 2.24) is 10.6 Å². The fraction of sp³-hybridized carbons (Fsp3) is 0.833. The Labute approximate surface area is 102 Å². The summed E-state index contributed by atoms with van der Waals surface area (Å²) in [7, 11) is 0. The van der Waals surface area contributed by atoms with E-state index in [2.05, 4.69) is 24.5 Å². The highest BCUT2D eigenvalue weighted by Gasteiger charge is 2.32. The molecule has 0 heterocycles. The van der Waals surface area contributed by atoms with Crippen LogP contribution in [0.3, 0.4) is 0 Å². The zero-order chi connectivity index (χ0) is 13.0. The van der Waals surface area contributed by atoms with Gasteiger partial charge in [0.25, 0.3) is 0 Å². The van der Waals surface area contributed by atoms with Crippen molar-refractivity contribution in [3.05, 3.63) is 0 Å². The molecule has 4 atom stereocenters. The first-order valence-corrected chi connectivity index (χ1v) is 6.25. The molecule has 98 valence electrons. The van der Waals surface area contributed by atoms with Gasteiger partial charge < -0.3 is 15.7 Å². The van der Waals surface area contributed by atoms with E-state index in [1.165, 1.54) is 6.92 Å². The van der Waals surface area contributed by atoms with Gasteiger partial charge in [-0.3, -0.25) is 4.79 Å². The molecule has 0 bridgehead atoms. The van der Waals surface area contributed by atoms with Crippen LogP contribution in [0.2, 0.25) is 0 Å². The quantitative estimate of drug-likeness (QED) is 0.700. The monoisotopic (exact) mass is 242 g/mol. The van der Waals surface area contributed by atoms with Crippen molar-refractivity contribution in [2.75, 3.05) is 0 Å². The molecule has 17 heavy (non-hydrogen) atoms. The highest BCUT2D eigenvalue weighted by Crippen LogP contribution is 2.33. The van der Waals surface area contributed by atoms with Crippen molar-refractivity contribution < 1.29 is 14.7 Å². The second-order valence-electron chi connectivity index (χ2n) is 4.89. The van der Waals surface area contributed by atoms with Crippen molar-refractivity contribution in [1.29, 1.82) is 0 Å². The molecule has 1 saturated carbocycles. The molecule has 3 N–H and O–H groups in total. The Morgan fingerprint density at radius 2 is 2.06 bits per heavy atom. The first-order chi connectivity index (χ1) is 7.95. The number of carbonyl (C=O) groups is 2. The minimum atomic E-state index is -1.02. The van der Waals surface area contributed by atoms with Gasteiger partial charge in [-0.05, 0) is 31.6 Å². The SMILES string of the molecule is CCC1CCC(NC(=O)N[C@H](C)C(=O)O)C1C. The van der Waals surface area contributed by atoms with E-state index >= 15 is 0 Å². The van der Waals surface area contributed by atoms with Crippen molar-refractivity contribution in [2.24, 2.45) is 11.8 Å². The fourth-order valence-electron chi connectivity index (χ4n) is 2.50. The molecule has 5 heteroatoms. The summed E-state index contributed by atoms with van der Waals surface area (Å²) < 4.78 is 0. The molecule has 3 unspecified atom stereocenters. The Morgan fingerprint density at radius 1 is 1.41 bits per heavy atom. The fourth-order valence-corrected chi connectivity index (χ4v) is 2.50. The van der Waals surface area contributed by atoms with Crippen LogP contribution in [0, 0.1) is 11.8 Å². The normalized spacial score (nSPS) is 29.7. The minimum Gasteiger partial charge on any atom is -0.480 e. The van der Waals surface area contributed by atoms with E-state index in [4.69, 9.17) is 5.11 Å². The van der Waals surface area contributed by atoms with Crippen LogP contribution in [0.5, 0.6) is 0 Å². The highest BCUT2D eigenvalue weighted by atomic mass is 16.4. The largest absolute Gasteiger partial charge is 0.480 e. The number of urea groups is 1. The van der Waals surface area contributed by atoms with Crippen LogP contribution in [0.15, 0.2) is 0 Å². The minimum absolute atomic E-state index is 0.168. The predicted molar refractivity (Wildman–Crippen MR) is 64.7 cm³/mol. The predicted octanol–water partition coefficient (Wildman–Crippen LogP) is 1.58. The summed E-state index contributed by atoms with van der Waals surface area (Å²) in [5, 5.41) is 14.0. The maximum Gasteiger partial charge on any atom is 0.325 e. The van der Waals surface area contributed by atoms with Gasteiger partial charge in [-0.25, -0.2) is 4.79 Å². The van der Waals surface area contributed by atoms with Gasteiger partial charge in [0.1, 0.15) is 6.04 Å². The van der Waals surface area contributed by atoms with Crippen LogP contribution in [0.25, 0.3) is 0 Å². The van der Waals surface area contributed by atoms with Gasteiger partial charge >= 0.3 is 12.0 Å². The van der Waals surface area contributed by atoms with Gasteiger partial charge in [0, 0.05) is 6.04 Å². The lowest BCUT2D eigenvalue weighted by atomic mass is 9.93. The van der Waals surface area contributed by atoms with Crippen LogP contribution in [-0.2, 0) is 4.79 Å². The lowest BCUT2D eigenvalue weighted by Gasteiger charge is -2.21. The maximum absolute atomic E-state index is 11.6. The third-order valence-electron chi connectivity index (χ3n) is 3.79. The van der Waals surface area contributed by atoms with Crippen LogP contribution < -0.4 is 10.6 Å². The Kier molecular flexibility index (Phi) is 4.78. The number of nitrogens with one attached hydrogen (secondary N) is 2. The number of carboxylic acids is 1. The van der Waals surface area contributed by atoms with Crippen LogP contribution in [0.4, 0.5) is 4.79 Å². The summed E-state index contributed by atoms with van der Waals surface area (Å²) in [6, 6.07) is -1.07. The van der Waals surface area contributed by atoms with Gasteiger partial charge in [0.2, 0.25) is 0 Å². The molecule has 0 aromatic carbocycles. The standard InChI is InChI=1S/C12H22N2O3/c1-4-9-5-6-10(7(9)2)14-12(17)13-8(3)11(15)16/h7-10H,4-6H2,1-3H3,(H,15,16)(H2,13,14,17)/t7?,8-,9?,10?/m1/s1. The zero-order valence-electron chi connectivity index (χ0n) is 10.7. The van der Waals surface area contributed by atoms with Gasteiger partial charge in [0.15, 0.2) is 0 Å². The average molecular weight is 242 g/mol.